The van der Waals surface area contributed by atoms with Crippen LogP contribution >= 0.6 is 0 Å². The number of nitrogens with zero attached hydrogens (tertiary/aromatic N) is 2. The lowest BCUT2D eigenvalue weighted by molar-refractivity contribution is -0.142. The molecule has 4 aromatic rings. The molecule has 6 nitrogen and oxygen atoms in total. The van der Waals surface area contributed by atoms with Crippen molar-refractivity contribution >= 4 is 16.9 Å². The maximum atomic E-state index is 12.1. The molecular formula is C35H42N2O4. The molecule has 0 bridgehead atoms. The predicted molar refractivity (Wildman–Crippen MR) is 164 cm³/mol. The van der Waals surface area contributed by atoms with Gasteiger partial charge >= 0.3 is 5.97 Å². The quantitative estimate of drug-likeness (QED) is 0.189. The number of carbonyl (C=O) groups excluding carboxylic acids is 1. The summed E-state index contributed by atoms with van der Waals surface area (Å²) in [7, 11) is 4.41. The smallest absolute Gasteiger partial charge is 0.310 e. The minimum atomic E-state index is -0.251. The van der Waals surface area contributed by atoms with Gasteiger partial charge in [0, 0.05) is 22.6 Å². The second-order valence-electron chi connectivity index (χ2n) is 11.2. The van der Waals surface area contributed by atoms with Crippen LogP contribution in [0, 0.1) is 0 Å². The zero-order valence-electron chi connectivity index (χ0n) is 24.8. The topological polar surface area (TPSA) is 55.2 Å². The summed E-state index contributed by atoms with van der Waals surface area (Å²) in [4.78, 5) is 17.0. The average Bonchev–Trinajstić information content (AvgIpc) is 3.39. The standard InChI is InChI=1S/C35H42N2O4/c1-5-25-10-9-12-27(18-25)32-20-26(24-40-33-13-8-7-11-28(33)22-34(38)39-6-2)19-29-21-31(41-35(29)32)23-37(4)30-14-16-36(3)17-15-30/h7-13,18-21,30H,5-6,14-17,22-24H2,1-4H3. The molecule has 216 valence electrons. The van der Waals surface area contributed by atoms with E-state index in [4.69, 9.17) is 13.9 Å². The number of fused-ring (bicyclic) bond motifs is 1. The molecule has 1 aromatic heterocycles. The fraction of sp³-hybridized carbons (Fsp3) is 0.400. The second-order valence-corrected chi connectivity index (χ2v) is 11.2. The SMILES string of the molecule is CCOC(=O)Cc1ccccc1OCc1cc(-c2cccc(CC)c2)c2oc(CN(C)C3CCN(C)CC3)cc2c1. The first-order valence-corrected chi connectivity index (χ1v) is 14.8. The Balaban J connectivity index is 1.43. The number of rotatable bonds is 11. The van der Waals surface area contributed by atoms with E-state index in [1.807, 2.05) is 31.2 Å². The van der Waals surface area contributed by atoms with Gasteiger partial charge in [-0.05, 0) is 94.3 Å². The van der Waals surface area contributed by atoms with E-state index >= 15 is 0 Å². The van der Waals surface area contributed by atoms with Gasteiger partial charge in [-0.2, -0.15) is 0 Å². The van der Waals surface area contributed by atoms with Crippen molar-refractivity contribution in [3.05, 3.63) is 89.2 Å². The van der Waals surface area contributed by atoms with Gasteiger partial charge in [-0.1, -0.05) is 49.4 Å². The van der Waals surface area contributed by atoms with E-state index in [2.05, 4.69) is 73.3 Å². The Kier molecular flexibility index (Phi) is 9.42. The number of benzene rings is 3. The van der Waals surface area contributed by atoms with E-state index in [9.17, 15) is 4.79 Å². The molecule has 1 saturated heterocycles. The summed E-state index contributed by atoms with van der Waals surface area (Å²) < 4.78 is 18.0. The largest absolute Gasteiger partial charge is 0.489 e. The number of para-hydroxylation sites is 1. The van der Waals surface area contributed by atoms with Crippen molar-refractivity contribution in [2.75, 3.05) is 33.8 Å². The molecule has 0 spiro atoms. The number of hydrogen-bond acceptors (Lipinski definition) is 6. The van der Waals surface area contributed by atoms with Crippen LogP contribution < -0.4 is 4.74 Å². The monoisotopic (exact) mass is 554 g/mol. The minimum Gasteiger partial charge on any atom is -0.489 e. The summed E-state index contributed by atoms with van der Waals surface area (Å²) in [6, 6.07) is 23.5. The molecule has 0 saturated carbocycles. The van der Waals surface area contributed by atoms with Gasteiger partial charge in [-0.25, -0.2) is 0 Å². The van der Waals surface area contributed by atoms with Crippen LogP contribution in [-0.2, 0) is 35.5 Å². The van der Waals surface area contributed by atoms with E-state index in [1.54, 1.807) is 0 Å². The average molecular weight is 555 g/mol. The molecule has 5 rings (SSSR count). The van der Waals surface area contributed by atoms with Crippen LogP contribution in [0.4, 0.5) is 0 Å². The molecule has 3 aromatic carbocycles. The van der Waals surface area contributed by atoms with E-state index in [0.29, 0.717) is 25.0 Å². The molecule has 2 heterocycles. The van der Waals surface area contributed by atoms with E-state index in [0.717, 1.165) is 65.0 Å². The Bertz CT molecular complexity index is 1470. The summed E-state index contributed by atoms with van der Waals surface area (Å²) in [6.07, 6.45) is 3.53. The minimum absolute atomic E-state index is 0.188. The molecule has 0 aliphatic carbocycles. The summed E-state index contributed by atoms with van der Waals surface area (Å²) in [5.41, 5.74) is 6.30. The van der Waals surface area contributed by atoms with Crippen LogP contribution in [0.25, 0.3) is 22.1 Å². The van der Waals surface area contributed by atoms with Gasteiger partial charge in [0.25, 0.3) is 0 Å². The van der Waals surface area contributed by atoms with Crippen LogP contribution in [0.5, 0.6) is 5.75 Å². The van der Waals surface area contributed by atoms with Crippen LogP contribution in [-0.4, -0.2) is 55.6 Å². The molecule has 0 radical (unpaired) electrons. The fourth-order valence-corrected chi connectivity index (χ4v) is 5.73. The second kappa shape index (κ2) is 13.4. The molecule has 0 amide bonds. The van der Waals surface area contributed by atoms with Gasteiger partial charge in [-0.3, -0.25) is 9.69 Å². The molecule has 6 heteroatoms. The van der Waals surface area contributed by atoms with Gasteiger partial charge < -0.3 is 18.8 Å². The summed E-state index contributed by atoms with van der Waals surface area (Å²) >= 11 is 0. The van der Waals surface area contributed by atoms with Gasteiger partial charge in [-0.15, -0.1) is 0 Å². The van der Waals surface area contributed by atoms with Crippen molar-refractivity contribution in [1.29, 1.82) is 0 Å². The number of likely N-dealkylation sites (tertiary alicyclic amines) is 1. The Morgan fingerprint density at radius 1 is 1.00 bits per heavy atom. The van der Waals surface area contributed by atoms with Crippen LogP contribution in [0.1, 0.15) is 49.1 Å². The van der Waals surface area contributed by atoms with Gasteiger partial charge in [0.15, 0.2) is 0 Å². The highest BCUT2D eigenvalue weighted by Gasteiger charge is 2.22. The summed E-state index contributed by atoms with van der Waals surface area (Å²) in [6.45, 7) is 7.80. The maximum Gasteiger partial charge on any atom is 0.310 e. The molecule has 0 unspecified atom stereocenters. The number of esters is 1. The van der Waals surface area contributed by atoms with E-state index in [-0.39, 0.29) is 12.4 Å². The predicted octanol–water partition coefficient (Wildman–Crippen LogP) is 6.87. The number of furan rings is 1. The van der Waals surface area contributed by atoms with Crippen molar-refractivity contribution in [1.82, 2.24) is 9.80 Å². The highest BCUT2D eigenvalue weighted by molar-refractivity contribution is 5.93. The lowest BCUT2D eigenvalue weighted by Gasteiger charge is -2.34. The Labute approximate surface area is 243 Å². The molecule has 1 aliphatic rings. The third kappa shape index (κ3) is 7.19. The van der Waals surface area contributed by atoms with Crippen molar-refractivity contribution in [3.8, 4) is 16.9 Å². The summed E-state index contributed by atoms with van der Waals surface area (Å²) in [5.74, 6) is 1.43. The van der Waals surface area contributed by atoms with Crippen LogP contribution in [0.3, 0.4) is 0 Å². The highest BCUT2D eigenvalue weighted by atomic mass is 16.5. The maximum absolute atomic E-state index is 12.1. The number of carbonyl (C=O) groups is 1. The molecular weight excluding hydrogens is 512 g/mol. The molecule has 1 fully saturated rings. The van der Waals surface area contributed by atoms with E-state index < -0.39 is 0 Å². The Hall–Kier alpha value is -3.61. The Morgan fingerprint density at radius 3 is 2.59 bits per heavy atom. The van der Waals surface area contributed by atoms with E-state index in [1.165, 1.54) is 18.4 Å². The third-order valence-electron chi connectivity index (χ3n) is 8.10. The number of ether oxygens (including phenoxy) is 2. The first-order valence-electron chi connectivity index (χ1n) is 14.8. The first kappa shape index (κ1) is 28.9. The van der Waals surface area contributed by atoms with Gasteiger partial charge in [0.1, 0.15) is 23.7 Å². The number of piperidine rings is 1. The number of hydrogen-bond donors (Lipinski definition) is 0. The zero-order chi connectivity index (χ0) is 28.8. The lowest BCUT2D eigenvalue weighted by atomic mass is 9.98. The molecule has 41 heavy (non-hydrogen) atoms. The summed E-state index contributed by atoms with van der Waals surface area (Å²) in [5, 5.41) is 1.08. The lowest BCUT2D eigenvalue weighted by Crippen LogP contribution is -2.41. The third-order valence-corrected chi connectivity index (χ3v) is 8.10. The van der Waals surface area contributed by atoms with Crippen LogP contribution in [0.15, 0.2) is 71.1 Å². The van der Waals surface area contributed by atoms with Crippen molar-refractivity contribution in [3.63, 3.8) is 0 Å². The molecule has 1 aliphatic heterocycles. The highest BCUT2D eigenvalue weighted by Crippen LogP contribution is 2.34. The van der Waals surface area contributed by atoms with Gasteiger partial charge in [0.2, 0.25) is 0 Å². The van der Waals surface area contributed by atoms with Crippen LogP contribution in [0.2, 0.25) is 0 Å². The van der Waals surface area contributed by atoms with Gasteiger partial charge in [0.05, 0.1) is 19.6 Å². The van der Waals surface area contributed by atoms with Crippen molar-refractivity contribution in [2.24, 2.45) is 0 Å². The number of aryl methyl sites for hydroxylation is 1. The normalized spacial score (nSPS) is 14.6. The van der Waals surface area contributed by atoms with Crippen molar-refractivity contribution in [2.45, 2.75) is 58.7 Å². The molecule has 0 N–H and O–H groups in total. The van der Waals surface area contributed by atoms with Crippen molar-refractivity contribution < 1.29 is 18.7 Å². The Morgan fingerprint density at radius 2 is 1.80 bits per heavy atom. The first-order chi connectivity index (χ1) is 19.9. The zero-order valence-corrected chi connectivity index (χ0v) is 24.8. The molecule has 0 atom stereocenters. The fourth-order valence-electron chi connectivity index (χ4n) is 5.73.